The SMILES string of the molecule is COCCNCC(=O)NCC(C)(C)S(C)(=O)=O. The van der Waals surface area contributed by atoms with Crippen molar-refractivity contribution >= 4 is 15.7 Å². The zero-order valence-electron chi connectivity index (χ0n) is 10.9. The molecule has 0 aromatic rings. The predicted molar refractivity (Wildman–Crippen MR) is 66.7 cm³/mol. The van der Waals surface area contributed by atoms with Gasteiger partial charge in [-0.1, -0.05) is 0 Å². The number of carbonyl (C=O) groups is 1. The van der Waals surface area contributed by atoms with Crippen LogP contribution in [0.2, 0.25) is 0 Å². The van der Waals surface area contributed by atoms with Gasteiger partial charge in [0, 0.05) is 26.5 Å². The van der Waals surface area contributed by atoms with Crippen LogP contribution < -0.4 is 10.6 Å². The molecule has 0 saturated heterocycles. The molecule has 0 rings (SSSR count). The van der Waals surface area contributed by atoms with E-state index >= 15 is 0 Å². The van der Waals surface area contributed by atoms with Gasteiger partial charge in [0.05, 0.1) is 17.9 Å². The van der Waals surface area contributed by atoms with E-state index in [-0.39, 0.29) is 19.0 Å². The van der Waals surface area contributed by atoms with Crippen LogP contribution in [-0.4, -0.2) is 58.7 Å². The highest BCUT2D eigenvalue weighted by Gasteiger charge is 2.30. The van der Waals surface area contributed by atoms with Crippen LogP contribution in [0.25, 0.3) is 0 Å². The molecular formula is C10H22N2O4S. The fourth-order valence-corrected chi connectivity index (χ4v) is 1.22. The second kappa shape index (κ2) is 6.93. The standard InChI is InChI=1S/C10H22N2O4S/c1-10(2,17(4,14)15)8-12-9(13)7-11-5-6-16-3/h11H,5-8H2,1-4H3,(H,12,13). The highest BCUT2D eigenvalue weighted by molar-refractivity contribution is 7.92. The summed E-state index contributed by atoms with van der Waals surface area (Å²) < 4.78 is 26.6. The quantitative estimate of drug-likeness (QED) is 0.560. The van der Waals surface area contributed by atoms with Crippen LogP contribution in [0.5, 0.6) is 0 Å². The molecule has 17 heavy (non-hydrogen) atoms. The molecule has 0 aliphatic rings. The van der Waals surface area contributed by atoms with Crippen molar-refractivity contribution in [1.29, 1.82) is 0 Å². The summed E-state index contributed by atoms with van der Waals surface area (Å²) in [5, 5.41) is 5.46. The fraction of sp³-hybridized carbons (Fsp3) is 0.900. The Kier molecular flexibility index (Phi) is 6.66. The van der Waals surface area contributed by atoms with Crippen LogP contribution in [0.4, 0.5) is 0 Å². The summed E-state index contributed by atoms with van der Waals surface area (Å²) >= 11 is 0. The van der Waals surface area contributed by atoms with Crippen molar-refractivity contribution in [3.63, 3.8) is 0 Å². The number of amides is 1. The van der Waals surface area contributed by atoms with Gasteiger partial charge in [-0.25, -0.2) is 8.42 Å². The summed E-state index contributed by atoms with van der Waals surface area (Å²) in [7, 11) is -1.60. The Bertz CT molecular complexity index is 338. The van der Waals surface area contributed by atoms with E-state index in [0.29, 0.717) is 13.2 Å². The molecule has 0 aliphatic heterocycles. The highest BCUT2D eigenvalue weighted by atomic mass is 32.2. The molecule has 0 aliphatic carbocycles. The van der Waals surface area contributed by atoms with E-state index in [0.717, 1.165) is 6.26 Å². The van der Waals surface area contributed by atoms with E-state index in [4.69, 9.17) is 4.74 Å². The number of methoxy groups -OCH3 is 1. The van der Waals surface area contributed by atoms with Crippen molar-refractivity contribution in [2.75, 3.05) is 39.6 Å². The van der Waals surface area contributed by atoms with E-state index in [9.17, 15) is 13.2 Å². The number of hydrogen-bond acceptors (Lipinski definition) is 5. The van der Waals surface area contributed by atoms with E-state index in [1.165, 1.54) is 0 Å². The minimum Gasteiger partial charge on any atom is -0.383 e. The number of ether oxygens (including phenoxy) is 1. The van der Waals surface area contributed by atoms with Crippen LogP contribution in [-0.2, 0) is 19.4 Å². The zero-order chi connectivity index (χ0) is 13.5. The van der Waals surface area contributed by atoms with Crippen molar-refractivity contribution < 1.29 is 17.9 Å². The lowest BCUT2D eigenvalue weighted by Gasteiger charge is -2.22. The first-order valence-corrected chi connectivity index (χ1v) is 7.26. The van der Waals surface area contributed by atoms with Crippen LogP contribution in [0.3, 0.4) is 0 Å². The lowest BCUT2D eigenvalue weighted by Crippen LogP contribution is -2.46. The Labute approximate surface area is 103 Å². The fourth-order valence-electron chi connectivity index (χ4n) is 0.881. The summed E-state index contributed by atoms with van der Waals surface area (Å²) in [5.74, 6) is -0.224. The van der Waals surface area contributed by atoms with Crippen molar-refractivity contribution in [3.8, 4) is 0 Å². The Morgan fingerprint density at radius 3 is 2.41 bits per heavy atom. The van der Waals surface area contributed by atoms with Crippen LogP contribution >= 0.6 is 0 Å². The summed E-state index contributed by atoms with van der Waals surface area (Å²) in [6.45, 7) is 4.54. The van der Waals surface area contributed by atoms with Crippen molar-refractivity contribution in [2.24, 2.45) is 0 Å². The molecule has 0 radical (unpaired) electrons. The molecule has 0 saturated carbocycles. The molecule has 0 fully saturated rings. The Morgan fingerprint density at radius 1 is 1.35 bits per heavy atom. The zero-order valence-corrected chi connectivity index (χ0v) is 11.7. The second-order valence-electron chi connectivity index (χ2n) is 4.48. The lowest BCUT2D eigenvalue weighted by atomic mass is 10.2. The summed E-state index contributed by atoms with van der Waals surface area (Å²) in [5.41, 5.74) is 0. The average Bonchev–Trinajstić information content (AvgIpc) is 2.20. The van der Waals surface area contributed by atoms with Gasteiger partial charge in [-0.2, -0.15) is 0 Å². The maximum absolute atomic E-state index is 11.4. The van der Waals surface area contributed by atoms with Crippen LogP contribution in [0.1, 0.15) is 13.8 Å². The molecule has 6 nitrogen and oxygen atoms in total. The highest BCUT2D eigenvalue weighted by Crippen LogP contribution is 2.12. The third-order valence-corrected chi connectivity index (χ3v) is 4.64. The molecule has 0 aromatic carbocycles. The molecule has 1 amide bonds. The van der Waals surface area contributed by atoms with Crippen LogP contribution in [0.15, 0.2) is 0 Å². The van der Waals surface area contributed by atoms with E-state index in [1.54, 1.807) is 21.0 Å². The van der Waals surface area contributed by atoms with E-state index in [2.05, 4.69) is 10.6 Å². The lowest BCUT2D eigenvalue weighted by molar-refractivity contribution is -0.120. The van der Waals surface area contributed by atoms with Crippen molar-refractivity contribution in [1.82, 2.24) is 10.6 Å². The van der Waals surface area contributed by atoms with Crippen LogP contribution in [0, 0.1) is 0 Å². The van der Waals surface area contributed by atoms with Gasteiger partial charge in [0.25, 0.3) is 0 Å². The molecule has 7 heteroatoms. The topological polar surface area (TPSA) is 84.5 Å². The van der Waals surface area contributed by atoms with E-state index < -0.39 is 14.6 Å². The van der Waals surface area contributed by atoms with Gasteiger partial charge >= 0.3 is 0 Å². The van der Waals surface area contributed by atoms with Gasteiger partial charge < -0.3 is 15.4 Å². The summed E-state index contributed by atoms with van der Waals surface area (Å²) in [6, 6.07) is 0. The monoisotopic (exact) mass is 266 g/mol. The smallest absolute Gasteiger partial charge is 0.234 e. The number of nitrogens with one attached hydrogen (secondary N) is 2. The van der Waals surface area contributed by atoms with Gasteiger partial charge in [0.2, 0.25) is 5.91 Å². The summed E-state index contributed by atoms with van der Waals surface area (Å²) in [6.07, 6.45) is 1.16. The van der Waals surface area contributed by atoms with Crippen molar-refractivity contribution in [2.45, 2.75) is 18.6 Å². The third kappa shape index (κ3) is 6.60. The normalized spacial score (nSPS) is 12.5. The predicted octanol–water partition coefficient (Wildman–Crippen LogP) is -0.838. The molecular weight excluding hydrogens is 244 g/mol. The maximum atomic E-state index is 11.4. The van der Waals surface area contributed by atoms with E-state index in [1.807, 2.05) is 0 Å². The molecule has 0 spiro atoms. The molecule has 0 atom stereocenters. The summed E-state index contributed by atoms with van der Waals surface area (Å²) in [4.78, 5) is 11.4. The largest absolute Gasteiger partial charge is 0.383 e. The Hall–Kier alpha value is -0.660. The third-order valence-electron chi connectivity index (χ3n) is 2.48. The Morgan fingerprint density at radius 2 is 1.94 bits per heavy atom. The molecule has 0 bridgehead atoms. The number of rotatable bonds is 8. The van der Waals surface area contributed by atoms with Gasteiger partial charge in [-0.05, 0) is 13.8 Å². The molecule has 0 unspecified atom stereocenters. The minimum absolute atomic E-state index is 0.108. The van der Waals surface area contributed by atoms with Gasteiger partial charge in [-0.15, -0.1) is 0 Å². The first-order valence-electron chi connectivity index (χ1n) is 5.36. The molecule has 102 valence electrons. The molecule has 2 N–H and O–H groups in total. The Balaban J connectivity index is 3.92. The number of hydrogen-bond donors (Lipinski definition) is 2. The van der Waals surface area contributed by atoms with Gasteiger partial charge in [0.15, 0.2) is 9.84 Å². The van der Waals surface area contributed by atoms with Gasteiger partial charge in [-0.3, -0.25) is 4.79 Å². The van der Waals surface area contributed by atoms with Crippen molar-refractivity contribution in [3.05, 3.63) is 0 Å². The minimum atomic E-state index is -3.18. The first-order chi connectivity index (χ1) is 7.70. The average molecular weight is 266 g/mol. The molecule has 0 aromatic heterocycles. The molecule has 0 heterocycles. The second-order valence-corrected chi connectivity index (χ2v) is 7.13. The first kappa shape index (κ1) is 16.3. The maximum Gasteiger partial charge on any atom is 0.234 e. The van der Waals surface area contributed by atoms with Gasteiger partial charge in [0.1, 0.15) is 0 Å². The number of carbonyl (C=O) groups excluding carboxylic acids is 1. The number of sulfone groups is 1.